The van der Waals surface area contributed by atoms with Crippen LogP contribution in [0.1, 0.15) is 59.8 Å². The third-order valence-corrected chi connectivity index (χ3v) is 9.95. The summed E-state index contributed by atoms with van der Waals surface area (Å²) in [7, 11) is -4.12. The standard InChI is InChI=1S/C29H36F3N5O4S/c1-20-18-26(2,3)36(19-20)24-27(4,25(38)35-42(39,40)21-8-6-5-7-9-21)12-10-22(33-24)37-16-11-23(34-37)41-17-15-28(13-14-28)29(30,31)32/h5-11,16,20H,12-15,17-19H2,1-4H3,(H,35,38)/t20-,27?/m0/s1. The lowest BCUT2D eigenvalue weighted by Gasteiger charge is -2.42. The van der Waals surface area contributed by atoms with Crippen molar-refractivity contribution in [1.82, 2.24) is 19.4 Å². The monoisotopic (exact) mass is 607 g/mol. The summed E-state index contributed by atoms with van der Waals surface area (Å²) in [4.78, 5) is 20.6. The first-order valence-electron chi connectivity index (χ1n) is 14.0. The minimum absolute atomic E-state index is 0.0190. The molecule has 0 bridgehead atoms. The van der Waals surface area contributed by atoms with Crippen LogP contribution in [0.25, 0.3) is 5.82 Å². The SMILES string of the molecule is C[C@@H]1CN(C2=NC(n3ccc(OCCC4(C(F)(F)F)CC4)n3)=CCC2(C)C(=O)NS(=O)(=O)c2ccccc2)C(C)(C)C1. The van der Waals surface area contributed by atoms with Gasteiger partial charge in [-0.1, -0.05) is 25.1 Å². The molecule has 2 aliphatic heterocycles. The summed E-state index contributed by atoms with van der Waals surface area (Å²) in [6.07, 6.45) is 0.145. The Morgan fingerprint density at radius 1 is 1.14 bits per heavy atom. The molecule has 228 valence electrons. The molecule has 2 aromatic rings. The summed E-state index contributed by atoms with van der Waals surface area (Å²) in [6.45, 7) is 8.42. The van der Waals surface area contributed by atoms with Gasteiger partial charge in [0.15, 0.2) is 5.82 Å². The van der Waals surface area contributed by atoms with Crippen molar-refractivity contribution < 1.29 is 31.1 Å². The van der Waals surface area contributed by atoms with Crippen molar-refractivity contribution in [3.05, 3.63) is 48.7 Å². The zero-order valence-electron chi connectivity index (χ0n) is 24.1. The second-order valence-electron chi connectivity index (χ2n) is 12.5. The Hall–Kier alpha value is -3.35. The molecule has 2 atom stereocenters. The molecule has 42 heavy (non-hydrogen) atoms. The molecular formula is C29H36F3N5O4S. The molecule has 1 N–H and O–H groups in total. The maximum Gasteiger partial charge on any atom is 0.394 e. The minimum atomic E-state index is -4.24. The van der Waals surface area contributed by atoms with Gasteiger partial charge >= 0.3 is 6.18 Å². The van der Waals surface area contributed by atoms with E-state index in [0.29, 0.717) is 24.1 Å². The lowest BCUT2D eigenvalue weighted by molar-refractivity contribution is -0.190. The fourth-order valence-electron chi connectivity index (χ4n) is 5.90. The van der Waals surface area contributed by atoms with E-state index in [4.69, 9.17) is 9.73 Å². The number of nitrogens with zero attached hydrogens (tertiary/aromatic N) is 4. The Morgan fingerprint density at radius 2 is 1.83 bits per heavy atom. The fraction of sp³-hybridized carbons (Fsp3) is 0.552. The Labute approximate surface area is 243 Å². The van der Waals surface area contributed by atoms with Crippen molar-refractivity contribution in [2.45, 2.75) is 76.4 Å². The molecular weight excluding hydrogens is 571 g/mol. The quantitative estimate of drug-likeness (QED) is 0.441. The highest BCUT2D eigenvalue weighted by atomic mass is 32.2. The molecule has 1 aliphatic carbocycles. The van der Waals surface area contributed by atoms with Crippen molar-refractivity contribution >= 4 is 27.6 Å². The zero-order chi connectivity index (χ0) is 30.6. The van der Waals surface area contributed by atoms with E-state index in [2.05, 4.69) is 35.5 Å². The minimum Gasteiger partial charge on any atom is -0.477 e. The fourth-order valence-corrected chi connectivity index (χ4v) is 7.01. The van der Waals surface area contributed by atoms with Gasteiger partial charge in [0.25, 0.3) is 10.0 Å². The molecule has 9 nitrogen and oxygen atoms in total. The first-order valence-corrected chi connectivity index (χ1v) is 15.5. The van der Waals surface area contributed by atoms with Crippen molar-refractivity contribution in [2.24, 2.45) is 21.7 Å². The molecule has 0 radical (unpaired) electrons. The molecule has 2 fully saturated rings. The number of likely N-dealkylation sites (tertiary alicyclic amines) is 1. The van der Waals surface area contributed by atoms with Crippen LogP contribution in [0.2, 0.25) is 0 Å². The summed E-state index contributed by atoms with van der Waals surface area (Å²) in [6, 6.07) is 9.25. The van der Waals surface area contributed by atoms with Crippen LogP contribution in [0.3, 0.4) is 0 Å². The number of hydrogen-bond donors (Lipinski definition) is 1. The molecule has 1 aromatic heterocycles. The van der Waals surface area contributed by atoms with E-state index >= 15 is 0 Å². The number of allylic oxidation sites excluding steroid dienone is 1. The van der Waals surface area contributed by atoms with Gasteiger partial charge in [-0.3, -0.25) is 4.79 Å². The van der Waals surface area contributed by atoms with Crippen molar-refractivity contribution in [3.8, 4) is 5.88 Å². The van der Waals surface area contributed by atoms with Crippen LogP contribution in [0.4, 0.5) is 13.2 Å². The van der Waals surface area contributed by atoms with E-state index < -0.39 is 32.9 Å². The number of rotatable bonds is 8. The number of carbonyl (C=O) groups excluding carboxylic acids is 1. The maximum atomic E-state index is 13.7. The van der Waals surface area contributed by atoms with Gasteiger partial charge in [-0.05, 0) is 77.0 Å². The van der Waals surface area contributed by atoms with Crippen LogP contribution in [-0.2, 0) is 14.8 Å². The summed E-state index contributed by atoms with van der Waals surface area (Å²) >= 11 is 0. The number of amides is 1. The Kier molecular flexibility index (Phi) is 7.48. The number of aromatic nitrogens is 2. The van der Waals surface area contributed by atoms with Crippen molar-refractivity contribution in [2.75, 3.05) is 13.2 Å². The van der Waals surface area contributed by atoms with E-state index in [0.717, 1.165) is 6.42 Å². The van der Waals surface area contributed by atoms with Crippen molar-refractivity contribution in [1.29, 1.82) is 0 Å². The first kappa shape index (κ1) is 30.1. The van der Waals surface area contributed by atoms with Crippen LogP contribution < -0.4 is 9.46 Å². The Morgan fingerprint density at radius 3 is 2.43 bits per heavy atom. The summed E-state index contributed by atoms with van der Waals surface area (Å²) in [5, 5.41) is 4.36. The molecule has 1 aromatic carbocycles. The predicted octanol–water partition coefficient (Wildman–Crippen LogP) is 5.23. The summed E-state index contributed by atoms with van der Waals surface area (Å²) in [5.41, 5.74) is -3.31. The first-order chi connectivity index (χ1) is 19.6. The number of halogens is 3. The number of benzene rings is 1. The van der Waals surface area contributed by atoms with E-state index in [1.807, 2.05) is 0 Å². The maximum absolute atomic E-state index is 13.7. The van der Waals surface area contributed by atoms with E-state index in [1.54, 1.807) is 43.5 Å². The van der Waals surface area contributed by atoms with Gasteiger partial charge in [-0.15, -0.1) is 5.10 Å². The normalized spacial score (nSPS) is 25.0. The summed E-state index contributed by atoms with van der Waals surface area (Å²) < 4.78 is 75.1. The van der Waals surface area contributed by atoms with Gasteiger partial charge < -0.3 is 9.64 Å². The second kappa shape index (κ2) is 10.4. The van der Waals surface area contributed by atoms with Gasteiger partial charge in [0.1, 0.15) is 11.3 Å². The molecule has 1 saturated carbocycles. The highest BCUT2D eigenvalue weighted by Gasteiger charge is 2.62. The van der Waals surface area contributed by atoms with Crippen LogP contribution in [0.5, 0.6) is 5.88 Å². The average molecular weight is 608 g/mol. The van der Waals surface area contributed by atoms with Gasteiger partial charge in [0, 0.05) is 24.3 Å². The van der Waals surface area contributed by atoms with E-state index in [1.165, 1.54) is 16.8 Å². The van der Waals surface area contributed by atoms with Crippen LogP contribution in [0.15, 0.2) is 58.6 Å². The largest absolute Gasteiger partial charge is 0.477 e. The number of alkyl halides is 3. The number of carbonyl (C=O) groups is 1. The number of ether oxygens (including phenoxy) is 1. The highest BCUT2D eigenvalue weighted by molar-refractivity contribution is 7.90. The number of aliphatic imine (C=N–C) groups is 1. The number of hydrogen-bond acceptors (Lipinski definition) is 7. The third-order valence-electron chi connectivity index (χ3n) is 8.60. The van der Waals surface area contributed by atoms with Crippen molar-refractivity contribution in [3.63, 3.8) is 0 Å². The Bertz CT molecular complexity index is 1510. The second-order valence-corrected chi connectivity index (χ2v) is 14.2. The van der Waals surface area contributed by atoms with E-state index in [-0.39, 0.29) is 48.6 Å². The smallest absolute Gasteiger partial charge is 0.394 e. The lowest BCUT2D eigenvalue weighted by atomic mass is 9.81. The number of nitrogens with one attached hydrogen (secondary N) is 1. The molecule has 0 spiro atoms. The molecule has 13 heteroatoms. The van der Waals surface area contributed by atoms with Crippen LogP contribution in [-0.4, -0.2) is 59.7 Å². The van der Waals surface area contributed by atoms with E-state index in [9.17, 15) is 26.4 Å². The van der Waals surface area contributed by atoms with Gasteiger partial charge in [-0.2, -0.15) is 13.2 Å². The summed E-state index contributed by atoms with van der Waals surface area (Å²) in [5.74, 6) is 0.613. The number of sulfonamides is 1. The molecule has 3 aliphatic rings. The number of amidine groups is 1. The Balaban J connectivity index is 1.39. The third kappa shape index (κ3) is 5.67. The molecule has 1 unspecified atom stereocenters. The van der Waals surface area contributed by atoms with Gasteiger partial charge in [0.05, 0.1) is 16.9 Å². The molecule has 1 saturated heterocycles. The van der Waals surface area contributed by atoms with Gasteiger partial charge in [-0.25, -0.2) is 22.8 Å². The molecule has 1 amide bonds. The molecule has 3 heterocycles. The predicted molar refractivity (Wildman–Crippen MR) is 151 cm³/mol. The highest BCUT2D eigenvalue weighted by Crippen LogP contribution is 2.59. The average Bonchev–Trinajstić information content (AvgIpc) is 3.48. The zero-order valence-corrected chi connectivity index (χ0v) is 24.9. The lowest BCUT2D eigenvalue weighted by Crippen LogP contribution is -2.56. The van der Waals surface area contributed by atoms with Crippen LogP contribution >= 0.6 is 0 Å². The molecule has 5 rings (SSSR count). The topological polar surface area (TPSA) is 106 Å². The van der Waals surface area contributed by atoms with Gasteiger partial charge in [0.2, 0.25) is 11.8 Å². The van der Waals surface area contributed by atoms with Crippen LogP contribution in [0, 0.1) is 16.7 Å².